The van der Waals surface area contributed by atoms with Crippen molar-refractivity contribution in [1.82, 2.24) is 9.97 Å². The molecule has 0 saturated heterocycles. The average Bonchev–Trinajstić information content (AvgIpc) is 2.94. The van der Waals surface area contributed by atoms with Gasteiger partial charge in [-0.25, -0.2) is 14.8 Å². The standard InChI is InChI=1S/C32H37F3N4O5/c1-17(21-12-22(32(33,34)35)14-23(13-21)39-30(41)44-31(3,4)5)36-28-25-15-24(19-8-10-20(11-9-19)29(40)43-7)27(42-6)16-26(25)37-18(2)38-28/h8,12-17,20H,9-11H2,1-7H3,(H,39,41)(H,36,37,38). The number of anilines is 2. The Kier molecular flexibility index (Phi) is 9.41. The molecule has 2 unspecified atom stereocenters. The van der Waals surface area contributed by atoms with Gasteiger partial charge < -0.3 is 19.5 Å². The number of fused-ring (bicyclic) bond motifs is 1. The quantitative estimate of drug-likeness (QED) is 0.259. The van der Waals surface area contributed by atoms with Crippen LogP contribution in [0.25, 0.3) is 16.5 Å². The molecule has 2 N–H and O–H groups in total. The molecule has 1 amide bonds. The maximum atomic E-state index is 13.9. The molecule has 236 valence electrons. The predicted octanol–water partition coefficient (Wildman–Crippen LogP) is 7.84. The summed E-state index contributed by atoms with van der Waals surface area (Å²) in [6.07, 6.45) is -1.72. The summed E-state index contributed by atoms with van der Waals surface area (Å²) in [7, 11) is 2.94. The van der Waals surface area contributed by atoms with Crippen molar-refractivity contribution in [2.24, 2.45) is 5.92 Å². The molecule has 2 atom stereocenters. The molecule has 44 heavy (non-hydrogen) atoms. The van der Waals surface area contributed by atoms with E-state index in [4.69, 9.17) is 14.2 Å². The number of nitrogens with zero attached hydrogens (tertiary/aromatic N) is 2. The molecular formula is C32H37F3N4O5. The molecule has 3 aromatic rings. The Balaban J connectivity index is 1.71. The van der Waals surface area contributed by atoms with Crippen LogP contribution in [-0.4, -0.2) is 41.9 Å². The van der Waals surface area contributed by atoms with E-state index in [1.165, 1.54) is 13.2 Å². The van der Waals surface area contributed by atoms with Gasteiger partial charge in [0.1, 0.15) is 23.0 Å². The van der Waals surface area contributed by atoms with Crippen LogP contribution >= 0.6 is 0 Å². The number of alkyl halides is 3. The third kappa shape index (κ3) is 7.78. The number of methoxy groups -OCH3 is 2. The first kappa shape index (κ1) is 32.6. The van der Waals surface area contributed by atoms with Gasteiger partial charge in [0.2, 0.25) is 0 Å². The topological polar surface area (TPSA) is 112 Å². The number of ether oxygens (including phenoxy) is 3. The van der Waals surface area contributed by atoms with Crippen LogP contribution < -0.4 is 15.4 Å². The van der Waals surface area contributed by atoms with Gasteiger partial charge in [0.15, 0.2) is 0 Å². The molecule has 1 aliphatic rings. The van der Waals surface area contributed by atoms with Crippen molar-refractivity contribution in [3.63, 3.8) is 0 Å². The van der Waals surface area contributed by atoms with Crippen molar-refractivity contribution in [3.8, 4) is 5.75 Å². The summed E-state index contributed by atoms with van der Waals surface area (Å²) in [5.41, 5.74) is 0.880. The monoisotopic (exact) mass is 614 g/mol. The number of nitrogens with one attached hydrogen (secondary N) is 2. The Morgan fingerprint density at radius 3 is 2.36 bits per heavy atom. The second-order valence-electron chi connectivity index (χ2n) is 11.7. The Bertz CT molecular complexity index is 1600. The lowest BCUT2D eigenvalue weighted by molar-refractivity contribution is -0.145. The number of aryl methyl sites for hydroxylation is 1. The van der Waals surface area contributed by atoms with E-state index >= 15 is 0 Å². The SMILES string of the molecule is COC(=O)C1CC=C(c2cc3c(NC(C)c4cc(NC(=O)OC(C)(C)C)cc(C(F)(F)F)c4)nc(C)nc3cc2OC)CC1. The molecule has 0 aliphatic heterocycles. The third-order valence-corrected chi connectivity index (χ3v) is 7.20. The van der Waals surface area contributed by atoms with Gasteiger partial charge >= 0.3 is 18.2 Å². The number of hydrogen-bond donors (Lipinski definition) is 2. The van der Waals surface area contributed by atoms with Crippen LogP contribution in [0.15, 0.2) is 36.4 Å². The number of rotatable bonds is 7. The number of carbonyl (C=O) groups is 2. The fourth-order valence-corrected chi connectivity index (χ4v) is 5.11. The van der Waals surface area contributed by atoms with E-state index in [2.05, 4.69) is 20.6 Å². The van der Waals surface area contributed by atoms with E-state index in [9.17, 15) is 22.8 Å². The van der Waals surface area contributed by atoms with Gasteiger partial charge in [-0.1, -0.05) is 6.08 Å². The number of esters is 1. The van der Waals surface area contributed by atoms with Crippen molar-refractivity contribution in [1.29, 1.82) is 0 Å². The van der Waals surface area contributed by atoms with Gasteiger partial charge in [0, 0.05) is 22.7 Å². The summed E-state index contributed by atoms with van der Waals surface area (Å²) < 4.78 is 57.4. The van der Waals surface area contributed by atoms with Gasteiger partial charge in [0.05, 0.1) is 37.3 Å². The number of carbonyl (C=O) groups excluding carboxylic acids is 2. The lowest BCUT2D eigenvalue weighted by atomic mass is 9.86. The molecule has 0 spiro atoms. The Morgan fingerprint density at radius 2 is 1.77 bits per heavy atom. The first-order valence-electron chi connectivity index (χ1n) is 14.2. The van der Waals surface area contributed by atoms with Crippen molar-refractivity contribution in [2.75, 3.05) is 24.9 Å². The fraction of sp³-hybridized carbons (Fsp3) is 0.438. The minimum absolute atomic E-state index is 0.0528. The maximum Gasteiger partial charge on any atom is 0.416 e. The van der Waals surface area contributed by atoms with Crippen molar-refractivity contribution >= 4 is 40.0 Å². The highest BCUT2D eigenvalue weighted by atomic mass is 19.4. The smallest absolute Gasteiger partial charge is 0.416 e. The number of aromatic nitrogens is 2. The number of hydrogen-bond acceptors (Lipinski definition) is 8. The highest BCUT2D eigenvalue weighted by Crippen LogP contribution is 2.40. The minimum atomic E-state index is -4.65. The van der Waals surface area contributed by atoms with E-state index in [1.807, 2.05) is 12.1 Å². The molecule has 1 heterocycles. The summed E-state index contributed by atoms with van der Waals surface area (Å²) >= 11 is 0. The van der Waals surface area contributed by atoms with E-state index < -0.39 is 29.5 Å². The second kappa shape index (κ2) is 12.7. The zero-order chi connectivity index (χ0) is 32.4. The van der Waals surface area contributed by atoms with E-state index in [-0.39, 0.29) is 23.1 Å². The summed E-state index contributed by atoms with van der Waals surface area (Å²) in [6.45, 7) is 8.41. The van der Waals surface area contributed by atoms with Crippen LogP contribution in [0.5, 0.6) is 5.75 Å². The molecule has 9 nitrogen and oxygen atoms in total. The van der Waals surface area contributed by atoms with Crippen LogP contribution in [-0.2, 0) is 20.4 Å². The number of amides is 1. The largest absolute Gasteiger partial charge is 0.496 e. The third-order valence-electron chi connectivity index (χ3n) is 7.20. The Morgan fingerprint density at radius 1 is 1.05 bits per heavy atom. The van der Waals surface area contributed by atoms with Crippen LogP contribution in [0.3, 0.4) is 0 Å². The van der Waals surface area contributed by atoms with E-state index in [0.29, 0.717) is 47.6 Å². The van der Waals surface area contributed by atoms with Gasteiger partial charge in [-0.2, -0.15) is 13.2 Å². The van der Waals surface area contributed by atoms with Crippen LogP contribution in [0.1, 0.15) is 75.5 Å². The van der Waals surface area contributed by atoms with Gasteiger partial charge in [0.25, 0.3) is 0 Å². The van der Waals surface area contributed by atoms with Crippen LogP contribution in [0, 0.1) is 12.8 Å². The lowest BCUT2D eigenvalue weighted by Crippen LogP contribution is -2.27. The molecule has 0 saturated carbocycles. The van der Waals surface area contributed by atoms with Gasteiger partial charge in [-0.05, 0) is 89.3 Å². The molecule has 4 rings (SSSR count). The molecule has 0 radical (unpaired) electrons. The first-order valence-corrected chi connectivity index (χ1v) is 14.2. The highest BCUT2D eigenvalue weighted by Gasteiger charge is 2.32. The Hall–Kier alpha value is -4.35. The van der Waals surface area contributed by atoms with Gasteiger partial charge in [-0.3, -0.25) is 10.1 Å². The number of halogens is 3. The first-order chi connectivity index (χ1) is 20.6. The lowest BCUT2D eigenvalue weighted by Gasteiger charge is -2.23. The summed E-state index contributed by atoms with van der Waals surface area (Å²) in [5.74, 6) is 1.03. The van der Waals surface area contributed by atoms with Crippen molar-refractivity contribution in [2.45, 2.75) is 71.7 Å². The summed E-state index contributed by atoms with van der Waals surface area (Å²) in [5, 5.41) is 6.31. The molecule has 1 aliphatic carbocycles. The zero-order valence-electron chi connectivity index (χ0n) is 25.8. The normalized spacial score (nSPS) is 16.1. The molecule has 0 bridgehead atoms. The number of allylic oxidation sites excluding steroid dienone is 2. The second-order valence-corrected chi connectivity index (χ2v) is 11.7. The molecule has 0 fully saturated rings. The molecule has 12 heteroatoms. The van der Waals surface area contributed by atoms with Crippen LogP contribution in [0.4, 0.5) is 29.5 Å². The van der Waals surface area contributed by atoms with E-state index in [1.54, 1.807) is 47.8 Å². The fourth-order valence-electron chi connectivity index (χ4n) is 5.11. The Labute approximate surface area is 254 Å². The molecular weight excluding hydrogens is 577 g/mol. The zero-order valence-corrected chi connectivity index (χ0v) is 25.8. The predicted molar refractivity (Wildman–Crippen MR) is 161 cm³/mol. The minimum Gasteiger partial charge on any atom is -0.496 e. The number of benzene rings is 2. The van der Waals surface area contributed by atoms with Crippen LogP contribution in [0.2, 0.25) is 0 Å². The average molecular weight is 615 g/mol. The van der Waals surface area contributed by atoms with Crippen molar-refractivity contribution < 1.29 is 37.0 Å². The van der Waals surface area contributed by atoms with Gasteiger partial charge in [-0.15, -0.1) is 0 Å². The summed E-state index contributed by atoms with van der Waals surface area (Å²) in [4.78, 5) is 33.5. The van der Waals surface area contributed by atoms with Crippen molar-refractivity contribution in [3.05, 3.63) is 58.9 Å². The molecule has 2 aromatic carbocycles. The maximum absolute atomic E-state index is 13.9. The highest BCUT2D eigenvalue weighted by molar-refractivity contribution is 5.94. The van der Waals surface area contributed by atoms with E-state index in [0.717, 1.165) is 23.3 Å². The summed E-state index contributed by atoms with van der Waals surface area (Å²) in [6, 6.07) is 6.41. The molecule has 1 aromatic heterocycles.